The molecule has 9 nitrogen and oxygen atoms in total. The lowest BCUT2D eigenvalue weighted by Gasteiger charge is -2.33. The number of aliphatic hydroxyl groups is 1. The van der Waals surface area contributed by atoms with Crippen LogP contribution in [0.4, 0.5) is 13.2 Å². The third-order valence-electron chi connectivity index (χ3n) is 6.88. The number of hydrogen-bond donors (Lipinski definition) is 1. The fourth-order valence-electron chi connectivity index (χ4n) is 5.12. The molecule has 0 saturated carbocycles. The minimum absolute atomic E-state index is 0.0522. The monoisotopic (exact) mass is 545 g/mol. The highest BCUT2D eigenvalue weighted by Crippen LogP contribution is 2.38. The van der Waals surface area contributed by atoms with E-state index in [1.165, 1.54) is 34.4 Å². The molecule has 202 valence electrons. The second-order valence-electron chi connectivity index (χ2n) is 9.66. The number of rotatable bonds is 7. The number of fused-ring (bicyclic) bond motifs is 1. The largest absolute Gasteiger partial charge is 0.381 e. The summed E-state index contributed by atoms with van der Waals surface area (Å²) in [6.45, 7) is -0.522. The first kappa shape index (κ1) is 25.4. The van der Waals surface area contributed by atoms with Crippen LogP contribution in [0.15, 0.2) is 73.6 Å². The van der Waals surface area contributed by atoms with Crippen molar-refractivity contribution in [3.05, 3.63) is 108 Å². The molecule has 12 heteroatoms. The summed E-state index contributed by atoms with van der Waals surface area (Å²) in [6.07, 6.45) is 5.96. The van der Waals surface area contributed by atoms with Gasteiger partial charge in [0, 0.05) is 47.8 Å². The fraction of sp³-hybridized carbons (Fsp3) is 0.179. The Hall–Kier alpha value is -4.84. The third kappa shape index (κ3) is 4.51. The van der Waals surface area contributed by atoms with Crippen molar-refractivity contribution in [2.24, 2.45) is 7.05 Å². The summed E-state index contributed by atoms with van der Waals surface area (Å²) < 4.78 is 45.1. The van der Waals surface area contributed by atoms with E-state index >= 15 is 0 Å². The van der Waals surface area contributed by atoms with Gasteiger partial charge in [0.15, 0.2) is 0 Å². The van der Waals surface area contributed by atoms with Gasteiger partial charge in [-0.15, -0.1) is 0 Å². The van der Waals surface area contributed by atoms with Gasteiger partial charge < -0.3 is 10.0 Å². The summed E-state index contributed by atoms with van der Waals surface area (Å²) >= 11 is 0. The van der Waals surface area contributed by atoms with Crippen LogP contribution in [0.25, 0.3) is 22.4 Å². The van der Waals surface area contributed by atoms with E-state index in [4.69, 9.17) is 0 Å². The summed E-state index contributed by atoms with van der Waals surface area (Å²) in [4.78, 5) is 23.5. The molecule has 1 aliphatic rings. The molecule has 0 aliphatic carbocycles. The standard InChI is InChI=1S/C28H22F3N7O2/c1-36-11-21(26(35-36)17-2-4-18(29)5-3-17)20-8-9-33-24-12-37(27(39)25(20)24)13-28(40,14-38-16-32-15-34-38)22-7-6-19(30)10-23(22)31/h2-11,15-16,40H,12-14H2,1H3/t28-/m1/s1. The number of benzene rings is 2. The topological polar surface area (TPSA) is 102 Å². The molecule has 0 fully saturated rings. The highest BCUT2D eigenvalue weighted by atomic mass is 19.1. The van der Waals surface area contributed by atoms with Crippen LogP contribution in [0.3, 0.4) is 0 Å². The lowest BCUT2D eigenvalue weighted by atomic mass is 9.92. The first-order valence-electron chi connectivity index (χ1n) is 12.3. The van der Waals surface area contributed by atoms with Gasteiger partial charge in [0.1, 0.15) is 41.4 Å². The van der Waals surface area contributed by atoms with Gasteiger partial charge in [-0.1, -0.05) is 6.07 Å². The summed E-state index contributed by atoms with van der Waals surface area (Å²) in [5, 5.41) is 20.3. The molecule has 0 spiro atoms. The molecule has 0 unspecified atom stereocenters. The molecule has 6 rings (SSSR count). The second-order valence-corrected chi connectivity index (χ2v) is 9.66. The lowest BCUT2D eigenvalue weighted by molar-refractivity contribution is -0.0175. The predicted molar refractivity (Wildman–Crippen MR) is 137 cm³/mol. The molecule has 1 N–H and O–H groups in total. The van der Waals surface area contributed by atoms with Gasteiger partial charge in [0.2, 0.25) is 0 Å². The van der Waals surface area contributed by atoms with E-state index in [2.05, 4.69) is 20.2 Å². The molecule has 1 amide bonds. The van der Waals surface area contributed by atoms with Crippen LogP contribution in [0.2, 0.25) is 0 Å². The predicted octanol–water partition coefficient (Wildman–Crippen LogP) is 3.70. The van der Waals surface area contributed by atoms with E-state index < -0.39 is 23.1 Å². The van der Waals surface area contributed by atoms with Crippen molar-refractivity contribution >= 4 is 5.91 Å². The van der Waals surface area contributed by atoms with Crippen molar-refractivity contribution in [2.45, 2.75) is 18.7 Å². The highest BCUT2D eigenvalue weighted by Gasteiger charge is 2.41. The number of nitrogens with zero attached hydrogens (tertiary/aromatic N) is 7. The Morgan fingerprint density at radius 1 is 1.00 bits per heavy atom. The lowest BCUT2D eigenvalue weighted by Crippen LogP contribution is -2.45. The number of amides is 1. The van der Waals surface area contributed by atoms with E-state index in [0.717, 1.165) is 12.1 Å². The zero-order valence-electron chi connectivity index (χ0n) is 21.2. The average molecular weight is 546 g/mol. The molecule has 40 heavy (non-hydrogen) atoms. The number of aryl methyl sites for hydroxylation is 1. The molecule has 1 aliphatic heterocycles. The number of β-amino-alcohol motifs (C(OH)–C–C–N with tert-alkyl or cyclic N) is 1. The third-order valence-corrected chi connectivity index (χ3v) is 6.88. The molecule has 0 saturated heterocycles. The van der Waals surface area contributed by atoms with E-state index in [1.807, 2.05) is 0 Å². The number of carbonyl (C=O) groups is 1. The first-order valence-corrected chi connectivity index (χ1v) is 12.3. The van der Waals surface area contributed by atoms with Crippen LogP contribution in [0.1, 0.15) is 21.6 Å². The maximum Gasteiger partial charge on any atom is 0.256 e. The molecule has 1 atom stereocenters. The average Bonchev–Trinajstić information content (AvgIpc) is 3.64. The number of carbonyl (C=O) groups excluding carboxylic acids is 1. The minimum atomic E-state index is -1.98. The Morgan fingerprint density at radius 2 is 1.77 bits per heavy atom. The zero-order valence-corrected chi connectivity index (χ0v) is 21.2. The number of halogens is 3. The van der Waals surface area contributed by atoms with Crippen molar-refractivity contribution in [1.29, 1.82) is 0 Å². The molecular formula is C28H22F3N7O2. The van der Waals surface area contributed by atoms with E-state index in [1.54, 1.807) is 42.3 Å². The SMILES string of the molecule is Cn1cc(-c2ccnc3c2C(=O)N(C[C@@](O)(Cn2cncn2)c2ccc(F)cc2F)C3)c(-c2ccc(F)cc2)n1. The van der Waals surface area contributed by atoms with Gasteiger partial charge in [-0.3, -0.25) is 14.5 Å². The second kappa shape index (κ2) is 9.72. The van der Waals surface area contributed by atoms with Crippen LogP contribution in [-0.2, 0) is 25.7 Å². The van der Waals surface area contributed by atoms with Gasteiger partial charge in [0.05, 0.1) is 30.9 Å². The van der Waals surface area contributed by atoms with Crippen LogP contribution >= 0.6 is 0 Å². The van der Waals surface area contributed by atoms with Gasteiger partial charge in [-0.2, -0.15) is 10.2 Å². The van der Waals surface area contributed by atoms with Crippen LogP contribution in [0, 0.1) is 17.5 Å². The quantitative estimate of drug-likeness (QED) is 0.335. The van der Waals surface area contributed by atoms with Crippen LogP contribution < -0.4 is 0 Å². The van der Waals surface area contributed by atoms with Crippen molar-refractivity contribution in [3.63, 3.8) is 0 Å². The van der Waals surface area contributed by atoms with Crippen molar-refractivity contribution < 1.29 is 23.1 Å². The number of aromatic nitrogens is 6. The smallest absolute Gasteiger partial charge is 0.256 e. The maximum absolute atomic E-state index is 14.9. The van der Waals surface area contributed by atoms with Gasteiger partial charge in [-0.05, 0) is 36.4 Å². The van der Waals surface area contributed by atoms with Gasteiger partial charge in [-0.25, -0.2) is 22.8 Å². The van der Waals surface area contributed by atoms with Crippen LogP contribution in [0.5, 0.6) is 0 Å². The molecule has 0 bridgehead atoms. The van der Waals surface area contributed by atoms with Crippen molar-refractivity contribution in [3.8, 4) is 22.4 Å². The number of hydrogen-bond acceptors (Lipinski definition) is 6. The molecule has 4 heterocycles. The summed E-state index contributed by atoms with van der Waals surface area (Å²) in [6, 6.07) is 10.5. The van der Waals surface area contributed by atoms with Crippen molar-refractivity contribution in [2.75, 3.05) is 6.54 Å². The normalized spacial score (nSPS) is 14.4. The Morgan fingerprint density at radius 3 is 2.50 bits per heavy atom. The molecule has 2 aromatic carbocycles. The molecule has 0 radical (unpaired) electrons. The van der Waals surface area contributed by atoms with E-state index in [-0.39, 0.29) is 31.0 Å². The first-order chi connectivity index (χ1) is 19.2. The van der Waals surface area contributed by atoms with Crippen LogP contribution in [-0.4, -0.2) is 52.0 Å². The number of pyridine rings is 1. The summed E-state index contributed by atoms with van der Waals surface area (Å²) in [7, 11) is 1.74. The minimum Gasteiger partial charge on any atom is -0.381 e. The molecule has 5 aromatic rings. The Labute approximate surface area is 226 Å². The Balaban J connectivity index is 1.38. The van der Waals surface area contributed by atoms with Crippen molar-refractivity contribution in [1.82, 2.24) is 34.4 Å². The Kier molecular flexibility index (Phi) is 6.18. The summed E-state index contributed by atoms with van der Waals surface area (Å²) in [5.41, 5.74) is 1.06. The summed E-state index contributed by atoms with van der Waals surface area (Å²) in [5.74, 6) is -2.56. The Bertz CT molecular complexity index is 1720. The molecule has 3 aromatic heterocycles. The van der Waals surface area contributed by atoms with E-state index in [9.17, 15) is 23.1 Å². The van der Waals surface area contributed by atoms with Gasteiger partial charge in [0.25, 0.3) is 5.91 Å². The zero-order chi connectivity index (χ0) is 28.0. The van der Waals surface area contributed by atoms with E-state index in [0.29, 0.717) is 39.7 Å². The van der Waals surface area contributed by atoms with Gasteiger partial charge >= 0.3 is 0 Å². The fourth-order valence-corrected chi connectivity index (χ4v) is 5.12. The highest BCUT2D eigenvalue weighted by molar-refractivity contribution is 6.05. The molecular weight excluding hydrogens is 523 g/mol. The maximum atomic E-state index is 14.9.